The number of aryl methyl sites for hydroxylation is 1. The largest absolute Gasteiger partial charge is 0.332 e. The van der Waals surface area contributed by atoms with Gasteiger partial charge in [-0.2, -0.15) is 0 Å². The summed E-state index contributed by atoms with van der Waals surface area (Å²) in [4.78, 5) is 32.1. The molecule has 0 saturated heterocycles. The average molecular weight is 411 g/mol. The van der Waals surface area contributed by atoms with E-state index in [-0.39, 0.29) is 24.3 Å². The van der Waals surface area contributed by atoms with Gasteiger partial charge in [-0.15, -0.1) is 17.9 Å². The lowest BCUT2D eigenvalue weighted by atomic mass is 10.1. The van der Waals surface area contributed by atoms with Crippen LogP contribution in [0.3, 0.4) is 0 Å². The van der Waals surface area contributed by atoms with Gasteiger partial charge in [-0.3, -0.25) is 9.59 Å². The summed E-state index contributed by atoms with van der Waals surface area (Å²) in [6.07, 6.45) is 5.78. The highest BCUT2D eigenvalue weighted by atomic mass is 32.1. The SMILES string of the molecule is C=CCN(CC(=O)N(Cc1ccccc1)Cc1ccc(C)s1)C(=O)C1CCCC1. The van der Waals surface area contributed by atoms with Crippen LogP contribution in [0.4, 0.5) is 0 Å². The summed E-state index contributed by atoms with van der Waals surface area (Å²) in [7, 11) is 0. The third-order valence-corrected chi connectivity index (χ3v) is 6.39. The molecular weight excluding hydrogens is 380 g/mol. The van der Waals surface area contributed by atoms with E-state index >= 15 is 0 Å². The summed E-state index contributed by atoms with van der Waals surface area (Å²) in [6.45, 7) is 7.48. The van der Waals surface area contributed by atoms with Crippen molar-refractivity contribution in [3.05, 3.63) is 70.4 Å². The van der Waals surface area contributed by atoms with Crippen molar-refractivity contribution < 1.29 is 9.59 Å². The van der Waals surface area contributed by atoms with Crippen LogP contribution in [0.5, 0.6) is 0 Å². The van der Waals surface area contributed by atoms with Crippen molar-refractivity contribution >= 4 is 23.2 Å². The van der Waals surface area contributed by atoms with Crippen molar-refractivity contribution in [3.63, 3.8) is 0 Å². The Morgan fingerprint density at radius 3 is 2.41 bits per heavy atom. The summed E-state index contributed by atoms with van der Waals surface area (Å²) in [5.41, 5.74) is 1.09. The number of nitrogens with zero attached hydrogens (tertiary/aromatic N) is 2. The van der Waals surface area contributed by atoms with Gasteiger partial charge in [0.05, 0.1) is 6.54 Å². The van der Waals surface area contributed by atoms with E-state index in [0.29, 0.717) is 19.6 Å². The van der Waals surface area contributed by atoms with E-state index in [1.54, 1.807) is 22.3 Å². The quantitative estimate of drug-likeness (QED) is 0.558. The fraction of sp³-hybridized carbons (Fsp3) is 0.417. The molecule has 0 N–H and O–H groups in total. The van der Waals surface area contributed by atoms with E-state index in [1.807, 2.05) is 35.2 Å². The lowest BCUT2D eigenvalue weighted by Crippen LogP contribution is -2.44. The molecule has 1 heterocycles. The maximum atomic E-state index is 13.3. The second-order valence-corrected chi connectivity index (χ2v) is 9.11. The topological polar surface area (TPSA) is 40.6 Å². The van der Waals surface area contributed by atoms with Crippen LogP contribution in [0.25, 0.3) is 0 Å². The zero-order chi connectivity index (χ0) is 20.6. The highest BCUT2D eigenvalue weighted by molar-refractivity contribution is 7.11. The Morgan fingerprint density at radius 1 is 1.07 bits per heavy atom. The van der Waals surface area contributed by atoms with Crippen LogP contribution in [0.15, 0.2) is 55.1 Å². The first-order valence-electron chi connectivity index (χ1n) is 10.3. The van der Waals surface area contributed by atoms with Gasteiger partial charge in [0.25, 0.3) is 0 Å². The summed E-state index contributed by atoms with van der Waals surface area (Å²) < 4.78 is 0. The highest BCUT2D eigenvalue weighted by Crippen LogP contribution is 2.27. The second kappa shape index (κ2) is 10.4. The van der Waals surface area contributed by atoms with Gasteiger partial charge in [-0.05, 0) is 37.5 Å². The molecule has 1 aliphatic carbocycles. The molecule has 2 amide bonds. The van der Waals surface area contributed by atoms with Crippen molar-refractivity contribution in [2.45, 2.75) is 45.7 Å². The molecule has 0 unspecified atom stereocenters. The fourth-order valence-corrected chi connectivity index (χ4v) is 4.78. The number of hydrogen-bond donors (Lipinski definition) is 0. The highest BCUT2D eigenvalue weighted by Gasteiger charge is 2.29. The van der Waals surface area contributed by atoms with Gasteiger partial charge in [0.2, 0.25) is 11.8 Å². The molecule has 2 aromatic rings. The Bertz CT molecular complexity index is 824. The first-order valence-corrected chi connectivity index (χ1v) is 11.1. The minimum atomic E-state index is -0.0203. The van der Waals surface area contributed by atoms with Crippen LogP contribution in [0, 0.1) is 12.8 Å². The van der Waals surface area contributed by atoms with Gasteiger partial charge >= 0.3 is 0 Å². The smallest absolute Gasteiger partial charge is 0.242 e. The van der Waals surface area contributed by atoms with Crippen LogP contribution in [0.2, 0.25) is 0 Å². The first-order chi connectivity index (χ1) is 14.1. The van der Waals surface area contributed by atoms with Gasteiger partial charge in [0, 0.05) is 28.8 Å². The fourth-order valence-electron chi connectivity index (χ4n) is 3.88. The van der Waals surface area contributed by atoms with Gasteiger partial charge in [0.15, 0.2) is 0 Å². The molecule has 1 aromatic heterocycles. The number of hydrogen-bond acceptors (Lipinski definition) is 3. The van der Waals surface area contributed by atoms with Gasteiger partial charge in [-0.1, -0.05) is 49.2 Å². The zero-order valence-corrected chi connectivity index (χ0v) is 18.0. The maximum Gasteiger partial charge on any atom is 0.242 e. The first kappa shape index (κ1) is 21.3. The molecule has 29 heavy (non-hydrogen) atoms. The molecule has 154 valence electrons. The average Bonchev–Trinajstić information content (AvgIpc) is 3.39. The second-order valence-electron chi connectivity index (χ2n) is 7.74. The molecule has 0 spiro atoms. The lowest BCUT2D eigenvalue weighted by molar-refractivity contribution is -0.143. The number of amides is 2. The molecule has 0 radical (unpaired) electrons. The Kier molecular flexibility index (Phi) is 7.64. The maximum absolute atomic E-state index is 13.3. The van der Waals surface area contributed by atoms with E-state index < -0.39 is 0 Å². The van der Waals surface area contributed by atoms with Crippen molar-refractivity contribution in [3.8, 4) is 0 Å². The Balaban J connectivity index is 1.74. The summed E-state index contributed by atoms with van der Waals surface area (Å²) in [5, 5.41) is 0. The van der Waals surface area contributed by atoms with Crippen molar-refractivity contribution in [2.24, 2.45) is 5.92 Å². The molecule has 1 fully saturated rings. The van der Waals surface area contributed by atoms with Crippen LogP contribution in [0.1, 0.15) is 41.0 Å². The van der Waals surface area contributed by atoms with Crippen molar-refractivity contribution in [1.29, 1.82) is 0 Å². The minimum absolute atomic E-state index is 0.0203. The molecule has 0 atom stereocenters. The zero-order valence-electron chi connectivity index (χ0n) is 17.2. The number of carbonyl (C=O) groups is 2. The molecular formula is C24H30N2O2S. The third-order valence-electron chi connectivity index (χ3n) is 5.40. The van der Waals surface area contributed by atoms with Crippen LogP contribution >= 0.6 is 11.3 Å². The predicted octanol–water partition coefficient (Wildman–Crippen LogP) is 4.79. The van der Waals surface area contributed by atoms with E-state index in [0.717, 1.165) is 36.1 Å². The molecule has 1 saturated carbocycles. The molecule has 5 heteroatoms. The number of rotatable bonds is 9. The normalized spacial score (nSPS) is 14.0. The number of benzene rings is 1. The lowest BCUT2D eigenvalue weighted by Gasteiger charge is -2.28. The van der Waals surface area contributed by atoms with Crippen LogP contribution < -0.4 is 0 Å². The Hall–Kier alpha value is -2.40. The monoisotopic (exact) mass is 410 g/mol. The Labute approximate surface area is 177 Å². The van der Waals surface area contributed by atoms with E-state index in [2.05, 4.69) is 25.6 Å². The summed E-state index contributed by atoms with van der Waals surface area (Å²) in [6, 6.07) is 14.2. The molecule has 1 aliphatic rings. The number of thiophene rings is 1. The van der Waals surface area contributed by atoms with E-state index in [4.69, 9.17) is 0 Å². The van der Waals surface area contributed by atoms with Crippen molar-refractivity contribution in [2.75, 3.05) is 13.1 Å². The molecule has 1 aromatic carbocycles. The third kappa shape index (κ3) is 6.04. The van der Waals surface area contributed by atoms with E-state index in [9.17, 15) is 9.59 Å². The van der Waals surface area contributed by atoms with Gasteiger partial charge in [-0.25, -0.2) is 0 Å². The summed E-state index contributed by atoms with van der Waals surface area (Å²) in [5.74, 6) is 0.140. The van der Waals surface area contributed by atoms with Crippen LogP contribution in [-0.2, 0) is 22.7 Å². The van der Waals surface area contributed by atoms with Crippen molar-refractivity contribution in [1.82, 2.24) is 9.80 Å². The standard InChI is InChI=1S/C24H30N2O2S/c1-3-15-25(24(28)21-11-7-8-12-21)18-23(27)26(16-20-9-5-4-6-10-20)17-22-14-13-19(2)29-22/h3-6,9-10,13-14,21H,1,7-8,11-12,15-18H2,2H3. The Morgan fingerprint density at radius 2 is 1.79 bits per heavy atom. The van der Waals surface area contributed by atoms with E-state index in [1.165, 1.54) is 4.88 Å². The minimum Gasteiger partial charge on any atom is -0.332 e. The molecule has 3 rings (SSSR count). The molecule has 0 bridgehead atoms. The molecule has 4 nitrogen and oxygen atoms in total. The van der Waals surface area contributed by atoms with Crippen LogP contribution in [-0.4, -0.2) is 34.7 Å². The summed E-state index contributed by atoms with van der Waals surface area (Å²) >= 11 is 1.71. The van der Waals surface area contributed by atoms with Gasteiger partial charge < -0.3 is 9.80 Å². The molecule has 0 aliphatic heterocycles. The number of carbonyl (C=O) groups excluding carboxylic acids is 2. The van der Waals surface area contributed by atoms with Gasteiger partial charge in [0.1, 0.15) is 6.54 Å². The predicted molar refractivity (Wildman–Crippen MR) is 118 cm³/mol.